The standard InChI is InChI=1S/C17H27N3O2/c1-12(2)14-17(8-6-5-7-9-17)11-20(14)15(21)13-10-18-19(3)16(13)22-4/h10,12,14H,5-9,11H2,1-4H3/t14-/m0/s1. The van der Waals surface area contributed by atoms with Gasteiger partial charge in [0.25, 0.3) is 5.91 Å². The third kappa shape index (κ3) is 2.22. The minimum absolute atomic E-state index is 0.0693. The molecule has 2 aliphatic rings. The summed E-state index contributed by atoms with van der Waals surface area (Å²) in [6.07, 6.45) is 8.12. The number of hydrogen-bond donors (Lipinski definition) is 0. The van der Waals surface area contributed by atoms with Gasteiger partial charge in [-0.2, -0.15) is 5.10 Å². The van der Waals surface area contributed by atoms with Crippen molar-refractivity contribution in [3.8, 4) is 5.88 Å². The Labute approximate surface area is 132 Å². The molecule has 1 aromatic rings. The van der Waals surface area contributed by atoms with E-state index in [0.717, 1.165) is 6.54 Å². The minimum Gasteiger partial charge on any atom is -0.481 e. The molecule has 1 aliphatic carbocycles. The van der Waals surface area contributed by atoms with Crippen LogP contribution >= 0.6 is 0 Å². The van der Waals surface area contributed by atoms with E-state index in [0.29, 0.717) is 28.8 Å². The van der Waals surface area contributed by atoms with Crippen LogP contribution in [0.15, 0.2) is 6.20 Å². The summed E-state index contributed by atoms with van der Waals surface area (Å²) >= 11 is 0. The van der Waals surface area contributed by atoms with Gasteiger partial charge in [0.15, 0.2) is 0 Å². The van der Waals surface area contributed by atoms with Gasteiger partial charge >= 0.3 is 0 Å². The van der Waals surface area contributed by atoms with Crippen LogP contribution in [0.4, 0.5) is 0 Å². The van der Waals surface area contributed by atoms with Crippen molar-refractivity contribution in [3.05, 3.63) is 11.8 Å². The van der Waals surface area contributed by atoms with E-state index in [-0.39, 0.29) is 5.91 Å². The fourth-order valence-corrected chi connectivity index (χ4v) is 4.69. The van der Waals surface area contributed by atoms with Gasteiger partial charge in [-0.05, 0) is 18.8 Å². The largest absolute Gasteiger partial charge is 0.481 e. The number of methoxy groups -OCH3 is 1. The van der Waals surface area contributed by atoms with E-state index in [1.807, 2.05) is 0 Å². The summed E-state index contributed by atoms with van der Waals surface area (Å²) < 4.78 is 6.96. The molecule has 0 bridgehead atoms. The Morgan fingerprint density at radius 2 is 2.05 bits per heavy atom. The smallest absolute Gasteiger partial charge is 0.261 e. The van der Waals surface area contributed by atoms with E-state index >= 15 is 0 Å². The number of hydrogen-bond acceptors (Lipinski definition) is 3. The maximum Gasteiger partial charge on any atom is 0.261 e. The highest BCUT2D eigenvalue weighted by atomic mass is 16.5. The molecule has 0 unspecified atom stereocenters. The van der Waals surface area contributed by atoms with Crippen molar-refractivity contribution in [2.45, 2.75) is 52.0 Å². The zero-order valence-electron chi connectivity index (χ0n) is 14.1. The van der Waals surface area contributed by atoms with Gasteiger partial charge in [0, 0.05) is 25.0 Å². The maximum atomic E-state index is 13.0. The van der Waals surface area contributed by atoms with Crippen LogP contribution in [-0.2, 0) is 7.05 Å². The molecule has 2 heterocycles. The SMILES string of the molecule is COc1c(C(=O)N2CC3(CCCCC3)[C@@H]2C(C)C)cnn1C. The van der Waals surface area contributed by atoms with Crippen LogP contribution in [0.1, 0.15) is 56.3 Å². The van der Waals surface area contributed by atoms with Crippen molar-refractivity contribution >= 4 is 5.91 Å². The van der Waals surface area contributed by atoms with Crippen LogP contribution in [0, 0.1) is 11.3 Å². The first-order valence-electron chi connectivity index (χ1n) is 8.37. The van der Waals surface area contributed by atoms with E-state index in [1.54, 1.807) is 25.0 Å². The molecule has 1 amide bonds. The Hall–Kier alpha value is -1.52. The summed E-state index contributed by atoms with van der Waals surface area (Å²) in [5, 5.41) is 4.17. The molecule has 1 aromatic heterocycles. The van der Waals surface area contributed by atoms with E-state index in [4.69, 9.17) is 4.74 Å². The average molecular weight is 305 g/mol. The Bertz CT molecular complexity index is 558. The van der Waals surface area contributed by atoms with Crippen LogP contribution in [-0.4, -0.2) is 40.3 Å². The number of nitrogens with zero attached hydrogens (tertiary/aromatic N) is 3. The number of ether oxygens (including phenoxy) is 1. The van der Waals surface area contributed by atoms with Crippen molar-refractivity contribution in [3.63, 3.8) is 0 Å². The van der Waals surface area contributed by atoms with Gasteiger partial charge in [-0.1, -0.05) is 33.1 Å². The second kappa shape index (κ2) is 5.60. The van der Waals surface area contributed by atoms with Gasteiger partial charge in [0.2, 0.25) is 5.88 Å². The number of carbonyl (C=O) groups is 1. The zero-order valence-corrected chi connectivity index (χ0v) is 14.1. The van der Waals surface area contributed by atoms with E-state index < -0.39 is 0 Å². The maximum absolute atomic E-state index is 13.0. The molecular weight excluding hydrogens is 278 g/mol. The molecule has 122 valence electrons. The van der Waals surface area contributed by atoms with Gasteiger partial charge in [-0.3, -0.25) is 4.79 Å². The lowest BCUT2D eigenvalue weighted by atomic mass is 9.59. The highest BCUT2D eigenvalue weighted by Crippen LogP contribution is 2.52. The fraction of sp³-hybridized carbons (Fsp3) is 0.765. The summed E-state index contributed by atoms with van der Waals surface area (Å²) in [5.74, 6) is 1.11. The summed E-state index contributed by atoms with van der Waals surface area (Å²) in [4.78, 5) is 15.0. The Morgan fingerprint density at radius 1 is 1.36 bits per heavy atom. The predicted octanol–water partition coefficient (Wildman–Crippen LogP) is 2.86. The normalized spacial score (nSPS) is 23.7. The van der Waals surface area contributed by atoms with Gasteiger partial charge in [-0.25, -0.2) is 4.68 Å². The average Bonchev–Trinajstić information content (AvgIpc) is 2.85. The van der Waals surface area contributed by atoms with Crippen LogP contribution in [0.5, 0.6) is 5.88 Å². The summed E-state index contributed by atoms with van der Waals surface area (Å²) in [6.45, 7) is 5.37. The van der Waals surface area contributed by atoms with Gasteiger partial charge in [0.1, 0.15) is 5.56 Å². The second-order valence-corrected chi connectivity index (χ2v) is 7.24. The molecule has 5 nitrogen and oxygen atoms in total. The number of aromatic nitrogens is 2. The third-order valence-electron chi connectivity index (χ3n) is 5.50. The Balaban J connectivity index is 1.84. The van der Waals surface area contributed by atoms with Crippen molar-refractivity contribution in [1.29, 1.82) is 0 Å². The fourth-order valence-electron chi connectivity index (χ4n) is 4.69. The van der Waals surface area contributed by atoms with Crippen LogP contribution in [0.3, 0.4) is 0 Å². The van der Waals surface area contributed by atoms with Crippen molar-refractivity contribution in [2.24, 2.45) is 18.4 Å². The lowest BCUT2D eigenvalue weighted by Crippen LogP contribution is -2.68. The first kappa shape index (κ1) is 15.4. The van der Waals surface area contributed by atoms with Crippen molar-refractivity contribution < 1.29 is 9.53 Å². The van der Waals surface area contributed by atoms with Crippen molar-refractivity contribution in [1.82, 2.24) is 14.7 Å². The molecule has 0 aromatic carbocycles. The van der Waals surface area contributed by atoms with E-state index in [9.17, 15) is 4.79 Å². The molecule has 2 fully saturated rings. The molecule has 1 aliphatic heterocycles. The molecule has 1 saturated heterocycles. The number of amides is 1. The number of carbonyl (C=O) groups excluding carboxylic acids is 1. The molecule has 0 radical (unpaired) electrons. The van der Waals surface area contributed by atoms with E-state index in [2.05, 4.69) is 23.8 Å². The predicted molar refractivity (Wildman–Crippen MR) is 84.9 cm³/mol. The Morgan fingerprint density at radius 3 is 2.64 bits per heavy atom. The lowest BCUT2D eigenvalue weighted by Gasteiger charge is -2.61. The first-order valence-corrected chi connectivity index (χ1v) is 8.37. The topological polar surface area (TPSA) is 47.4 Å². The number of rotatable bonds is 3. The van der Waals surface area contributed by atoms with Gasteiger partial charge in [-0.15, -0.1) is 0 Å². The first-order chi connectivity index (χ1) is 10.5. The molecule has 1 atom stereocenters. The van der Waals surface area contributed by atoms with Gasteiger partial charge in [0.05, 0.1) is 13.3 Å². The summed E-state index contributed by atoms with van der Waals surface area (Å²) in [5.41, 5.74) is 0.943. The molecule has 1 spiro atoms. The lowest BCUT2D eigenvalue weighted by molar-refractivity contribution is -0.0943. The molecule has 1 saturated carbocycles. The number of likely N-dealkylation sites (tertiary alicyclic amines) is 1. The third-order valence-corrected chi connectivity index (χ3v) is 5.50. The Kier molecular flexibility index (Phi) is 3.91. The summed E-state index contributed by atoms with van der Waals surface area (Å²) in [7, 11) is 3.39. The molecular formula is C17H27N3O2. The highest BCUT2D eigenvalue weighted by molar-refractivity contribution is 5.97. The number of aryl methyl sites for hydroxylation is 1. The second-order valence-electron chi connectivity index (χ2n) is 7.24. The molecule has 0 N–H and O–H groups in total. The monoisotopic (exact) mass is 305 g/mol. The van der Waals surface area contributed by atoms with Crippen LogP contribution in [0.2, 0.25) is 0 Å². The van der Waals surface area contributed by atoms with Gasteiger partial charge < -0.3 is 9.64 Å². The van der Waals surface area contributed by atoms with Crippen molar-refractivity contribution in [2.75, 3.05) is 13.7 Å². The van der Waals surface area contributed by atoms with Crippen LogP contribution in [0.25, 0.3) is 0 Å². The summed E-state index contributed by atoms with van der Waals surface area (Å²) in [6, 6.07) is 0.352. The molecule has 5 heteroatoms. The molecule has 22 heavy (non-hydrogen) atoms. The molecule has 3 rings (SSSR count). The minimum atomic E-state index is 0.0693. The highest BCUT2D eigenvalue weighted by Gasteiger charge is 2.55. The van der Waals surface area contributed by atoms with Crippen LogP contribution < -0.4 is 4.74 Å². The quantitative estimate of drug-likeness (QED) is 0.862. The van der Waals surface area contributed by atoms with E-state index in [1.165, 1.54) is 32.1 Å². The zero-order chi connectivity index (χ0) is 15.9.